The van der Waals surface area contributed by atoms with E-state index in [1.807, 2.05) is 18.2 Å². The van der Waals surface area contributed by atoms with E-state index >= 15 is 0 Å². The molecule has 1 aromatic heterocycles. The molecule has 1 nitrogen and oxygen atoms in total. The van der Waals surface area contributed by atoms with Gasteiger partial charge in [0.1, 0.15) is 0 Å². The molecular weight excluding hydrogens is 457 g/mol. The lowest BCUT2D eigenvalue weighted by atomic mass is 10.0. The lowest BCUT2D eigenvalue weighted by molar-refractivity contribution is 0.529. The standard InChI is InChI=1S/C15H15Br2Cl2NS/c1-2-5-20-13(10-8-14(16)21-15(10)17)7-9-3-4-11(18)12(19)6-9/h3-4,6,8,13,20H,2,5,7H2,1H3. The lowest BCUT2D eigenvalue weighted by Gasteiger charge is -2.19. The van der Waals surface area contributed by atoms with E-state index in [0.29, 0.717) is 10.0 Å². The van der Waals surface area contributed by atoms with Gasteiger partial charge in [0.05, 0.1) is 17.6 Å². The molecule has 0 amide bonds. The Morgan fingerprint density at radius 1 is 1.19 bits per heavy atom. The van der Waals surface area contributed by atoms with Gasteiger partial charge < -0.3 is 5.32 Å². The summed E-state index contributed by atoms with van der Waals surface area (Å²) in [4.78, 5) is 0. The summed E-state index contributed by atoms with van der Waals surface area (Å²) in [5.74, 6) is 0. The summed E-state index contributed by atoms with van der Waals surface area (Å²) < 4.78 is 2.28. The summed E-state index contributed by atoms with van der Waals surface area (Å²) in [6.07, 6.45) is 1.97. The number of nitrogens with one attached hydrogen (secondary N) is 1. The van der Waals surface area contributed by atoms with Gasteiger partial charge in [-0.3, -0.25) is 0 Å². The van der Waals surface area contributed by atoms with Crippen molar-refractivity contribution in [1.29, 1.82) is 0 Å². The molecule has 21 heavy (non-hydrogen) atoms. The number of benzene rings is 1. The van der Waals surface area contributed by atoms with Crippen molar-refractivity contribution in [2.45, 2.75) is 25.8 Å². The smallest absolute Gasteiger partial charge is 0.0758 e. The van der Waals surface area contributed by atoms with Gasteiger partial charge in [0.2, 0.25) is 0 Å². The summed E-state index contributed by atoms with van der Waals surface area (Å²) in [5.41, 5.74) is 2.44. The highest BCUT2D eigenvalue weighted by Crippen LogP contribution is 2.37. The highest BCUT2D eigenvalue weighted by molar-refractivity contribution is 9.12. The average Bonchev–Trinajstić information content (AvgIpc) is 2.77. The first-order valence-electron chi connectivity index (χ1n) is 6.63. The second-order valence-corrected chi connectivity index (χ2v) is 9.30. The van der Waals surface area contributed by atoms with Crippen LogP contribution in [0.4, 0.5) is 0 Å². The van der Waals surface area contributed by atoms with Crippen LogP contribution in [0.2, 0.25) is 10.0 Å². The lowest BCUT2D eigenvalue weighted by Crippen LogP contribution is -2.24. The Labute approximate surface area is 156 Å². The Morgan fingerprint density at radius 2 is 1.95 bits per heavy atom. The second-order valence-electron chi connectivity index (χ2n) is 4.74. The molecular formula is C15H15Br2Cl2NS. The van der Waals surface area contributed by atoms with E-state index in [4.69, 9.17) is 23.2 Å². The Balaban J connectivity index is 2.23. The molecule has 1 atom stereocenters. The first-order valence-corrected chi connectivity index (χ1v) is 9.79. The van der Waals surface area contributed by atoms with E-state index in [1.54, 1.807) is 11.3 Å². The molecule has 1 unspecified atom stereocenters. The average molecular weight is 472 g/mol. The largest absolute Gasteiger partial charge is 0.310 e. The monoisotopic (exact) mass is 469 g/mol. The van der Waals surface area contributed by atoms with Gasteiger partial charge in [-0.15, -0.1) is 11.3 Å². The van der Waals surface area contributed by atoms with Gasteiger partial charge >= 0.3 is 0 Å². The normalized spacial score (nSPS) is 12.6. The van der Waals surface area contributed by atoms with E-state index in [-0.39, 0.29) is 6.04 Å². The minimum atomic E-state index is 0.249. The van der Waals surface area contributed by atoms with Gasteiger partial charge in [-0.2, -0.15) is 0 Å². The number of halogens is 4. The van der Waals surface area contributed by atoms with Gasteiger partial charge in [-0.05, 0) is 80.6 Å². The quantitative estimate of drug-likeness (QED) is 0.485. The molecule has 2 aromatic rings. The van der Waals surface area contributed by atoms with E-state index < -0.39 is 0 Å². The van der Waals surface area contributed by atoms with Crippen molar-refractivity contribution in [3.05, 3.63) is 53.0 Å². The van der Waals surface area contributed by atoms with Crippen molar-refractivity contribution in [3.63, 3.8) is 0 Å². The molecule has 0 fully saturated rings. The fraction of sp³-hybridized carbons (Fsp3) is 0.333. The van der Waals surface area contributed by atoms with Crippen molar-refractivity contribution < 1.29 is 0 Å². The van der Waals surface area contributed by atoms with Crippen LogP contribution in [0.15, 0.2) is 31.8 Å². The minimum absolute atomic E-state index is 0.249. The van der Waals surface area contributed by atoms with Crippen LogP contribution in [-0.2, 0) is 6.42 Å². The summed E-state index contributed by atoms with van der Waals surface area (Å²) >= 11 is 21.0. The Kier molecular flexibility index (Phi) is 7.04. The number of hydrogen-bond donors (Lipinski definition) is 1. The SMILES string of the molecule is CCCNC(Cc1ccc(Cl)c(Cl)c1)c1cc(Br)sc1Br. The summed E-state index contributed by atoms with van der Waals surface area (Å²) in [5, 5.41) is 4.80. The third kappa shape index (κ3) is 4.95. The van der Waals surface area contributed by atoms with E-state index in [2.05, 4.69) is 50.2 Å². The van der Waals surface area contributed by atoms with Gasteiger partial charge in [-0.25, -0.2) is 0 Å². The summed E-state index contributed by atoms with van der Waals surface area (Å²) in [7, 11) is 0. The van der Waals surface area contributed by atoms with Gasteiger partial charge in [0.15, 0.2) is 0 Å². The molecule has 0 aliphatic carbocycles. The molecule has 0 saturated carbocycles. The van der Waals surface area contributed by atoms with E-state index in [9.17, 15) is 0 Å². The molecule has 0 saturated heterocycles. The van der Waals surface area contributed by atoms with Crippen molar-refractivity contribution in [2.75, 3.05) is 6.54 Å². The van der Waals surface area contributed by atoms with Crippen LogP contribution in [0.25, 0.3) is 0 Å². The molecule has 1 heterocycles. The molecule has 0 aliphatic heterocycles. The predicted molar refractivity (Wildman–Crippen MR) is 101 cm³/mol. The third-order valence-corrected chi connectivity index (χ3v) is 6.25. The zero-order valence-corrected chi connectivity index (χ0v) is 16.9. The highest BCUT2D eigenvalue weighted by atomic mass is 79.9. The van der Waals surface area contributed by atoms with Crippen LogP contribution < -0.4 is 5.32 Å². The van der Waals surface area contributed by atoms with Crippen LogP contribution in [-0.4, -0.2) is 6.54 Å². The molecule has 0 aliphatic rings. The molecule has 2 rings (SSSR count). The maximum Gasteiger partial charge on any atom is 0.0758 e. The molecule has 0 bridgehead atoms. The van der Waals surface area contributed by atoms with E-state index in [1.165, 1.54) is 11.1 Å². The van der Waals surface area contributed by atoms with Crippen molar-refractivity contribution >= 4 is 66.4 Å². The van der Waals surface area contributed by atoms with Crippen LogP contribution in [0.5, 0.6) is 0 Å². The zero-order valence-electron chi connectivity index (χ0n) is 11.4. The zero-order chi connectivity index (χ0) is 15.4. The van der Waals surface area contributed by atoms with Crippen molar-refractivity contribution in [1.82, 2.24) is 5.32 Å². The molecule has 114 valence electrons. The summed E-state index contributed by atoms with van der Waals surface area (Å²) in [6.45, 7) is 3.15. The Morgan fingerprint density at radius 3 is 2.52 bits per heavy atom. The predicted octanol–water partition coefficient (Wildman–Crippen LogP) is 6.86. The van der Waals surface area contributed by atoms with Crippen molar-refractivity contribution in [3.8, 4) is 0 Å². The maximum atomic E-state index is 6.12. The number of rotatable bonds is 6. The maximum absolute atomic E-state index is 6.12. The first kappa shape index (κ1) is 17.8. The number of hydrogen-bond acceptors (Lipinski definition) is 2. The molecule has 1 N–H and O–H groups in total. The second kappa shape index (κ2) is 8.32. The number of thiophene rings is 1. The van der Waals surface area contributed by atoms with Gasteiger partial charge in [0, 0.05) is 6.04 Å². The Hall–Kier alpha value is 0.420. The van der Waals surface area contributed by atoms with Gasteiger partial charge in [-0.1, -0.05) is 36.2 Å². The third-order valence-electron chi connectivity index (χ3n) is 3.12. The topological polar surface area (TPSA) is 12.0 Å². The Bertz CT molecular complexity index is 616. The highest BCUT2D eigenvalue weighted by Gasteiger charge is 2.17. The minimum Gasteiger partial charge on any atom is -0.310 e. The van der Waals surface area contributed by atoms with Crippen LogP contribution in [0.3, 0.4) is 0 Å². The molecule has 0 spiro atoms. The van der Waals surface area contributed by atoms with Crippen LogP contribution in [0, 0.1) is 0 Å². The fourth-order valence-electron chi connectivity index (χ4n) is 2.10. The van der Waals surface area contributed by atoms with Crippen LogP contribution >= 0.6 is 66.4 Å². The van der Waals surface area contributed by atoms with E-state index in [0.717, 1.165) is 27.0 Å². The molecule has 6 heteroatoms. The first-order chi connectivity index (χ1) is 10.0. The molecule has 0 radical (unpaired) electrons. The van der Waals surface area contributed by atoms with Gasteiger partial charge in [0.25, 0.3) is 0 Å². The molecule has 1 aromatic carbocycles. The van der Waals surface area contributed by atoms with Crippen molar-refractivity contribution in [2.24, 2.45) is 0 Å². The van der Waals surface area contributed by atoms with Crippen LogP contribution in [0.1, 0.15) is 30.5 Å². The summed E-state index contributed by atoms with van der Waals surface area (Å²) in [6, 6.07) is 8.25. The fourth-order valence-corrected chi connectivity index (χ4v) is 5.40.